The first-order chi connectivity index (χ1) is 10.9. The molecule has 1 aliphatic rings. The first kappa shape index (κ1) is 15.9. The number of fused-ring (bicyclic) bond motifs is 1. The predicted molar refractivity (Wildman–Crippen MR) is 91.5 cm³/mol. The van der Waals surface area contributed by atoms with Crippen LogP contribution in [0.4, 0.5) is 10.1 Å². The Kier molecular flexibility index (Phi) is 4.31. The van der Waals surface area contributed by atoms with Crippen molar-refractivity contribution < 1.29 is 9.18 Å². The lowest BCUT2D eigenvalue weighted by molar-refractivity contribution is -0.116. The van der Waals surface area contributed by atoms with Crippen molar-refractivity contribution in [3.8, 4) is 0 Å². The number of carbonyl (C=O) groups is 1. The average Bonchev–Trinajstić information content (AvgIpc) is 2.85. The van der Waals surface area contributed by atoms with Gasteiger partial charge in [-0.05, 0) is 54.3 Å². The zero-order valence-corrected chi connectivity index (χ0v) is 13.9. The summed E-state index contributed by atoms with van der Waals surface area (Å²) in [5.74, 6) is -0.467. The Morgan fingerprint density at radius 3 is 2.78 bits per heavy atom. The fourth-order valence-corrected chi connectivity index (χ4v) is 3.10. The molecule has 0 bridgehead atoms. The zero-order valence-electron chi connectivity index (χ0n) is 13.1. The van der Waals surface area contributed by atoms with E-state index in [4.69, 9.17) is 11.6 Å². The van der Waals surface area contributed by atoms with Crippen LogP contribution in [0, 0.1) is 12.7 Å². The van der Waals surface area contributed by atoms with Crippen LogP contribution in [0.25, 0.3) is 0 Å². The van der Waals surface area contributed by atoms with Crippen molar-refractivity contribution >= 4 is 28.8 Å². The van der Waals surface area contributed by atoms with E-state index >= 15 is 0 Å². The maximum atomic E-state index is 14.1. The summed E-state index contributed by atoms with van der Waals surface area (Å²) in [6.07, 6.45) is 1.35. The second-order valence-electron chi connectivity index (χ2n) is 6.08. The van der Waals surface area contributed by atoms with Crippen molar-refractivity contribution in [3.05, 3.63) is 63.4 Å². The highest BCUT2D eigenvalue weighted by Gasteiger charge is 2.17. The molecule has 0 radical (unpaired) electrons. The van der Waals surface area contributed by atoms with E-state index in [1.165, 1.54) is 24.1 Å². The molecule has 0 fully saturated rings. The van der Waals surface area contributed by atoms with Gasteiger partial charge in [-0.25, -0.2) is 4.39 Å². The number of ketones is 1. The monoisotopic (exact) mass is 329 g/mol. The van der Waals surface area contributed by atoms with Crippen LogP contribution in [0.3, 0.4) is 0 Å². The fraction of sp³-hybridized carbons (Fsp3) is 0.263. The summed E-state index contributed by atoms with van der Waals surface area (Å²) in [5, 5.41) is 0.484. The van der Waals surface area contributed by atoms with E-state index in [-0.39, 0.29) is 18.0 Å². The lowest BCUT2D eigenvalue weighted by Crippen LogP contribution is -2.06. The highest BCUT2D eigenvalue weighted by molar-refractivity contribution is 6.31. The summed E-state index contributed by atoms with van der Waals surface area (Å²) < 4.78 is 14.1. The number of rotatable bonds is 4. The summed E-state index contributed by atoms with van der Waals surface area (Å²) in [6, 6.07) is 9.19. The molecule has 2 nitrogen and oxygen atoms in total. The van der Waals surface area contributed by atoms with Gasteiger partial charge in [0.2, 0.25) is 0 Å². The molecule has 1 aliphatic heterocycles. The number of nitrogens with zero attached hydrogens (tertiary/aromatic N) is 1. The van der Waals surface area contributed by atoms with Gasteiger partial charge >= 0.3 is 0 Å². The van der Waals surface area contributed by atoms with Gasteiger partial charge in [-0.3, -0.25) is 9.79 Å². The average molecular weight is 330 g/mol. The smallest absolute Gasteiger partial charge is 0.134 e. The van der Waals surface area contributed by atoms with E-state index in [1.807, 2.05) is 6.92 Å². The SMILES string of the molecule is CC(=O)Cc1cc(Cl)c(CC2=Nc3cc(C)ccc3C2)cc1F. The number of hydrogen-bond donors (Lipinski definition) is 0. The number of aliphatic imine (C=N–C) groups is 1. The maximum absolute atomic E-state index is 14.1. The topological polar surface area (TPSA) is 29.4 Å². The van der Waals surface area contributed by atoms with Crippen molar-refractivity contribution in [1.82, 2.24) is 0 Å². The van der Waals surface area contributed by atoms with E-state index in [0.717, 1.165) is 17.8 Å². The number of halogens is 2. The lowest BCUT2D eigenvalue weighted by atomic mass is 10.0. The van der Waals surface area contributed by atoms with Crippen LogP contribution in [0.15, 0.2) is 35.3 Å². The van der Waals surface area contributed by atoms with E-state index in [1.54, 1.807) is 6.07 Å². The van der Waals surface area contributed by atoms with Crippen LogP contribution in [0.1, 0.15) is 29.2 Å². The van der Waals surface area contributed by atoms with Crippen molar-refractivity contribution in [2.45, 2.75) is 33.1 Å². The molecule has 0 amide bonds. The van der Waals surface area contributed by atoms with Gasteiger partial charge in [-0.2, -0.15) is 0 Å². The molecule has 0 atom stereocenters. The molecule has 0 aromatic heterocycles. The van der Waals surface area contributed by atoms with Crippen molar-refractivity contribution in [3.63, 3.8) is 0 Å². The Morgan fingerprint density at radius 1 is 1.26 bits per heavy atom. The summed E-state index contributed by atoms with van der Waals surface area (Å²) in [4.78, 5) is 15.8. The molecule has 118 valence electrons. The van der Waals surface area contributed by atoms with Gasteiger partial charge in [0.25, 0.3) is 0 Å². The molecule has 0 unspecified atom stereocenters. The lowest BCUT2D eigenvalue weighted by Gasteiger charge is -2.08. The van der Waals surface area contributed by atoms with Gasteiger partial charge in [0.15, 0.2) is 0 Å². The molecule has 0 spiro atoms. The van der Waals surface area contributed by atoms with Crippen molar-refractivity contribution in [2.24, 2.45) is 4.99 Å². The number of carbonyl (C=O) groups excluding carboxylic acids is 1. The van der Waals surface area contributed by atoms with Gasteiger partial charge in [0.1, 0.15) is 11.6 Å². The van der Waals surface area contributed by atoms with Crippen LogP contribution in [-0.4, -0.2) is 11.5 Å². The fourth-order valence-electron chi connectivity index (χ4n) is 2.85. The van der Waals surface area contributed by atoms with Gasteiger partial charge in [0.05, 0.1) is 5.69 Å². The Hall–Kier alpha value is -2.00. The van der Waals surface area contributed by atoms with Gasteiger partial charge in [-0.1, -0.05) is 23.7 Å². The number of hydrogen-bond acceptors (Lipinski definition) is 2. The third kappa shape index (κ3) is 3.50. The molecule has 0 N–H and O–H groups in total. The summed E-state index contributed by atoms with van der Waals surface area (Å²) in [6.45, 7) is 3.47. The highest BCUT2D eigenvalue weighted by atomic mass is 35.5. The molecule has 0 aliphatic carbocycles. The minimum atomic E-state index is -0.383. The van der Waals surface area contributed by atoms with Crippen LogP contribution in [0.2, 0.25) is 5.02 Å². The largest absolute Gasteiger partial charge is 0.300 e. The van der Waals surface area contributed by atoms with Crippen LogP contribution < -0.4 is 0 Å². The quantitative estimate of drug-likeness (QED) is 0.793. The van der Waals surface area contributed by atoms with Gasteiger partial charge < -0.3 is 0 Å². The number of aryl methyl sites for hydroxylation is 1. The summed E-state index contributed by atoms with van der Waals surface area (Å²) in [5.41, 5.74) is 5.39. The molecule has 3 rings (SSSR count). The van der Waals surface area contributed by atoms with Gasteiger partial charge in [-0.15, -0.1) is 0 Å². The maximum Gasteiger partial charge on any atom is 0.134 e. The molecule has 0 saturated heterocycles. The predicted octanol–water partition coefficient (Wildman–Crippen LogP) is 4.79. The molecule has 2 aromatic rings. The molecule has 0 saturated carbocycles. The molecule has 1 heterocycles. The third-order valence-corrected chi connectivity index (χ3v) is 4.32. The second-order valence-corrected chi connectivity index (χ2v) is 6.48. The first-order valence-electron chi connectivity index (χ1n) is 7.54. The van der Waals surface area contributed by atoms with Crippen molar-refractivity contribution in [2.75, 3.05) is 0 Å². The van der Waals surface area contributed by atoms with Crippen LogP contribution in [-0.2, 0) is 24.1 Å². The van der Waals surface area contributed by atoms with E-state index in [9.17, 15) is 9.18 Å². The normalized spacial score (nSPS) is 13.0. The Labute approximate surface area is 140 Å². The highest BCUT2D eigenvalue weighted by Crippen LogP contribution is 2.30. The minimum Gasteiger partial charge on any atom is -0.300 e. The zero-order chi connectivity index (χ0) is 16.6. The summed E-state index contributed by atoms with van der Waals surface area (Å²) in [7, 11) is 0. The van der Waals surface area contributed by atoms with E-state index in [0.29, 0.717) is 22.6 Å². The molecule has 2 aromatic carbocycles. The third-order valence-electron chi connectivity index (χ3n) is 3.96. The molecule has 23 heavy (non-hydrogen) atoms. The first-order valence-corrected chi connectivity index (χ1v) is 7.92. The van der Waals surface area contributed by atoms with E-state index < -0.39 is 0 Å². The molecule has 4 heteroatoms. The second kappa shape index (κ2) is 6.25. The van der Waals surface area contributed by atoms with E-state index in [2.05, 4.69) is 23.2 Å². The van der Waals surface area contributed by atoms with Gasteiger partial charge in [0, 0.05) is 30.0 Å². The summed E-state index contributed by atoms with van der Waals surface area (Å²) >= 11 is 6.27. The molecular formula is C19H17ClFNO. The number of benzene rings is 2. The Balaban J connectivity index is 1.83. The minimum absolute atomic E-state index is 0.0670. The van der Waals surface area contributed by atoms with Crippen molar-refractivity contribution in [1.29, 1.82) is 0 Å². The standard InChI is InChI=1S/C19H17ClFNO/c1-11-3-4-13-7-16(22-19(13)5-11)8-14-10-18(21)15(6-12(2)23)9-17(14)20/h3-5,9-10H,6-8H2,1-2H3. The van der Waals surface area contributed by atoms with Crippen LogP contribution >= 0.6 is 11.6 Å². The molecular weight excluding hydrogens is 313 g/mol. The van der Waals surface area contributed by atoms with Crippen LogP contribution in [0.5, 0.6) is 0 Å². The Morgan fingerprint density at radius 2 is 2.04 bits per heavy atom. The Bertz CT molecular complexity index is 826. The number of Topliss-reactive ketones (excluding diaryl/α,β-unsaturated/α-hetero) is 1.